The zero-order valence-corrected chi connectivity index (χ0v) is 31.7. The Morgan fingerprint density at radius 3 is 1.22 bits per heavy atom. The average molecular weight is 698 g/mol. The molecule has 0 aliphatic rings. The number of rotatable bonds is 37. The van der Waals surface area contributed by atoms with Gasteiger partial charge in [-0.15, -0.1) is 0 Å². The summed E-state index contributed by atoms with van der Waals surface area (Å²) in [5, 5.41) is 8.83. The lowest BCUT2D eigenvalue weighted by Gasteiger charge is -2.19. The van der Waals surface area contributed by atoms with Gasteiger partial charge in [0.1, 0.15) is 19.3 Å². The third kappa shape index (κ3) is 34.1. The second-order valence-corrected chi connectivity index (χ2v) is 13.9. The second kappa shape index (κ2) is 35.7. The van der Waals surface area contributed by atoms with E-state index in [1.807, 2.05) is 0 Å². The maximum absolute atomic E-state index is 12.6. The lowest BCUT2D eigenvalue weighted by molar-refractivity contribution is -0.167. The minimum Gasteiger partial charge on any atom is -0.481 e. The topological polar surface area (TPSA) is 142 Å². The van der Waals surface area contributed by atoms with Gasteiger partial charge in [0.2, 0.25) is 0 Å². The summed E-state index contributed by atoms with van der Waals surface area (Å²) in [6, 6.07) is -1.10. The van der Waals surface area contributed by atoms with Gasteiger partial charge in [-0.1, -0.05) is 168 Å². The molecule has 49 heavy (non-hydrogen) atoms. The third-order valence-corrected chi connectivity index (χ3v) is 9.08. The molecule has 3 N–H and O–H groups in total. The Bertz CT molecular complexity index is 805. The molecule has 0 bridgehead atoms. The van der Waals surface area contributed by atoms with Crippen molar-refractivity contribution in [3.05, 3.63) is 0 Å². The number of carbonyl (C=O) groups is 4. The molecule has 1 unspecified atom stereocenters. The van der Waals surface area contributed by atoms with Crippen molar-refractivity contribution < 1.29 is 38.5 Å². The quantitative estimate of drug-likeness (QED) is 0.0368. The van der Waals surface area contributed by atoms with Crippen LogP contribution in [0.15, 0.2) is 0 Å². The number of esters is 3. The molecule has 0 aliphatic carbocycles. The molecule has 2 atom stereocenters. The van der Waals surface area contributed by atoms with Crippen LogP contribution in [-0.4, -0.2) is 54.3 Å². The van der Waals surface area contributed by atoms with E-state index in [1.165, 1.54) is 128 Å². The summed E-state index contributed by atoms with van der Waals surface area (Å²) in [4.78, 5) is 48.0. The summed E-state index contributed by atoms with van der Waals surface area (Å²) in [5.41, 5.74) is 5.75. The number of unbranched alkanes of at least 4 members (excludes halogenated alkanes) is 24. The van der Waals surface area contributed by atoms with Crippen LogP contribution in [0.25, 0.3) is 0 Å². The summed E-state index contributed by atoms with van der Waals surface area (Å²) in [6.07, 6.45) is 30.9. The van der Waals surface area contributed by atoms with E-state index in [1.54, 1.807) is 0 Å². The zero-order chi connectivity index (χ0) is 36.2. The Morgan fingerprint density at radius 2 is 0.837 bits per heavy atom. The molecule has 0 amide bonds. The molecule has 0 heterocycles. The summed E-state index contributed by atoms with van der Waals surface area (Å²) in [5.74, 6) is -2.63. The van der Waals surface area contributed by atoms with E-state index in [0.29, 0.717) is 6.42 Å². The SMILES string of the molecule is CCCCCCCCCCCCCCCC(=O)OCC(COC(=O)[C@@H](N)CCC(=O)O)OC(=O)CCCCCCCCCCCCCCC. The highest BCUT2D eigenvalue weighted by molar-refractivity contribution is 5.76. The van der Waals surface area contributed by atoms with E-state index in [-0.39, 0.29) is 44.9 Å². The minimum atomic E-state index is -1.10. The first-order valence-electron chi connectivity index (χ1n) is 20.3. The number of carboxylic acid groups (broad SMARTS) is 1. The molecule has 0 saturated heterocycles. The maximum atomic E-state index is 12.6. The van der Waals surface area contributed by atoms with Crippen LogP contribution in [0.4, 0.5) is 0 Å². The molecular formula is C40H75NO8. The fraction of sp³-hybridized carbons (Fsp3) is 0.900. The molecule has 0 fully saturated rings. The van der Waals surface area contributed by atoms with Crippen molar-refractivity contribution in [2.45, 2.75) is 219 Å². The first-order chi connectivity index (χ1) is 23.8. The number of hydrogen-bond acceptors (Lipinski definition) is 8. The van der Waals surface area contributed by atoms with Crippen molar-refractivity contribution in [2.24, 2.45) is 5.73 Å². The Kier molecular flexibility index (Phi) is 34.1. The van der Waals surface area contributed by atoms with Crippen molar-refractivity contribution in [2.75, 3.05) is 13.2 Å². The Balaban J connectivity index is 4.29. The molecule has 0 aromatic heterocycles. The summed E-state index contributed by atoms with van der Waals surface area (Å²) in [7, 11) is 0. The molecule has 9 heteroatoms. The first kappa shape index (κ1) is 46.8. The van der Waals surface area contributed by atoms with Crippen LogP contribution < -0.4 is 5.73 Å². The normalized spacial score (nSPS) is 12.4. The molecule has 0 aromatic rings. The van der Waals surface area contributed by atoms with E-state index in [0.717, 1.165) is 32.1 Å². The average Bonchev–Trinajstić information content (AvgIpc) is 3.08. The van der Waals surface area contributed by atoms with Gasteiger partial charge in [0.15, 0.2) is 6.10 Å². The Labute approximate surface area is 299 Å². The molecule has 0 aromatic carbocycles. The van der Waals surface area contributed by atoms with Crippen LogP contribution >= 0.6 is 0 Å². The number of carboxylic acids is 1. The number of aliphatic carboxylic acids is 1. The summed E-state index contributed by atoms with van der Waals surface area (Å²) < 4.78 is 16.1. The van der Waals surface area contributed by atoms with Gasteiger partial charge in [-0.05, 0) is 19.3 Å². The minimum absolute atomic E-state index is 0.0637. The van der Waals surface area contributed by atoms with E-state index < -0.39 is 30.1 Å². The highest BCUT2D eigenvalue weighted by atomic mass is 16.6. The molecular weight excluding hydrogens is 622 g/mol. The molecule has 0 radical (unpaired) electrons. The van der Waals surface area contributed by atoms with E-state index in [9.17, 15) is 19.2 Å². The van der Waals surface area contributed by atoms with Gasteiger partial charge in [-0.3, -0.25) is 19.2 Å². The monoisotopic (exact) mass is 698 g/mol. The van der Waals surface area contributed by atoms with Crippen molar-refractivity contribution in [1.29, 1.82) is 0 Å². The van der Waals surface area contributed by atoms with Crippen LogP contribution in [0, 0.1) is 0 Å². The predicted octanol–water partition coefficient (Wildman–Crippen LogP) is 10.1. The van der Waals surface area contributed by atoms with Crippen molar-refractivity contribution in [3.8, 4) is 0 Å². The van der Waals surface area contributed by atoms with Gasteiger partial charge in [0, 0.05) is 19.3 Å². The van der Waals surface area contributed by atoms with E-state index in [2.05, 4.69) is 13.8 Å². The number of nitrogens with two attached hydrogens (primary N) is 1. The second-order valence-electron chi connectivity index (χ2n) is 13.9. The largest absolute Gasteiger partial charge is 0.481 e. The van der Waals surface area contributed by atoms with Gasteiger partial charge in [0.25, 0.3) is 0 Å². The van der Waals surface area contributed by atoms with Gasteiger partial charge < -0.3 is 25.1 Å². The van der Waals surface area contributed by atoms with Crippen molar-refractivity contribution in [1.82, 2.24) is 0 Å². The summed E-state index contributed by atoms with van der Waals surface area (Å²) in [6.45, 7) is 3.97. The molecule has 0 saturated carbocycles. The number of ether oxygens (including phenoxy) is 3. The van der Waals surface area contributed by atoms with Gasteiger partial charge in [0.05, 0.1) is 0 Å². The first-order valence-corrected chi connectivity index (χ1v) is 20.3. The lowest BCUT2D eigenvalue weighted by atomic mass is 10.0. The van der Waals surface area contributed by atoms with E-state index in [4.69, 9.17) is 25.1 Å². The molecule has 0 spiro atoms. The van der Waals surface area contributed by atoms with E-state index >= 15 is 0 Å². The lowest BCUT2D eigenvalue weighted by Crippen LogP contribution is -2.37. The highest BCUT2D eigenvalue weighted by Crippen LogP contribution is 2.15. The maximum Gasteiger partial charge on any atom is 0.323 e. The number of hydrogen-bond donors (Lipinski definition) is 2. The fourth-order valence-electron chi connectivity index (χ4n) is 5.87. The van der Waals surface area contributed by atoms with Crippen LogP contribution in [-0.2, 0) is 33.4 Å². The number of carbonyl (C=O) groups excluding carboxylic acids is 3. The summed E-state index contributed by atoms with van der Waals surface area (Å²) >= 11 is 0. The smallest absolute Gasteiger partial charge is 0.323 e. The predicted molar refractivity (Wildman–Crippen MR) is 197 cm³/mol. The molecule has 9 nitrogen and oxygen atoms in total. The Morgan fingerprint density at radius 1 is 0.490 bits per heavy atom. The third-order valence-electron chi connectivity index (χ3n) is 9.08. The van der Waals surface area contributed by atoms with Crippen LogP contribution in [0.5, 0.6) is 0 Å². The molecule has 288 valence electrons. The van der Waals surface area contributed by atoms with Crippen molar-refractivity contribution in [3.63, 3.8) is 0 Å². The van der Waals surface area contributed by atoms with Crippen LogP contribution in [0.2, 0.25) is 0 Å². The highest BCUT2D eigenvalue weighted by Gasteiger charge is 2.22. The van der Waals surface area contributed by atoms with Crippen LogP contribution in [0.1, 0.15) is 206 Å². The molecule has 0 rings (SSSR count). The van der Waals surface area contributed by atoms with Crippen LogP contribution in [0.3, 0.4) is 0 Å². The standard InChI is InChI=1S/C40H75NO8/c1-3-5-7-9-11-13-15-17-19-21-23-25-27-29-38(44)47-33-35(34-48-40(46)36(41)31-32-37(42)43)49-39(45)30-28-26-24-22-20-18-16-14-12-10-8-6-4-2/h35-36H,3-34,41H2,1-2H3,(H,42,43)/t35?,36-/m0/s1. The van der Waals surface area contributed by atoms with Gasteiger partial charge >= 0.3 is 23.9 Å². The van der Waals surface area contributed by atoms with Crippen molar-refractivity contribution >= 4 is 23.9 Å². The Hall–Kier alpha value is -2.16. The zero-order valence-electron chi connectivity index (χ0n) is 31.7. The molecule has 0 aliphatic heterocycles. The van der Waals surface area contributed by atoms with Gasteiger partial charge in [-0.2, -0.15) is 0 Å². The fourth-order valence-corrected chi connectivity index (χ4v) is 5.87. The van der Waals surface area contributed by atoms with Gasteiger partial charge in [-0.25, -0.2) is 0 Å².